The number of allylic oxidation sites excluding steroid dienone is 3. The Morgan fingerprint density at radius 1 is 1.31 bits per heavy atom. The fourth-order valence-electron chi connectivity index (χ4n) is 1.74. The quantitative estimate of drug-likeness (QED) is 0.831. The van der Waals surface area contributed by atoms with Crippen LogP contribution in [0.5, 0.6) is 5.75 Å². The molecule has 0 aromatic heterocycles. The second-order valence-corrected chi connectivity index (χ2v) is 3.83. The molecule has 0 heterocycles. The molecule has 0 fully saturated rings. The summed E-state index contributed by atoms with van der Waals surface area (Å²) in [5, 5.41) is 3.12. The van der Waals surface area contributed by atoms with Crippen LogP contribution in [0.3, 0.4) is 0 Å². The highest BCUT2D eigenvalue weighted by atomic mass is 16.5. The van der Waals surface area contributed by atoms with Crippen molar-refractivity contribution in [1.29, 1.82) is 0 Å². The molecular weight excluding hydrogens is 198 g/mol. The minimum absolute atomic E-state index is 0.684. The normalized spacial score (nSPS) is 14.4. The van der Waals surface area contributed by atoms with Gasteiger partial charge in [0, 0.05) is 7.05 Å². The van der Waals surface area contributed by atoms with Crippen molar-refractivity contribution in [3.8, 4) is 5.75 Å². The molecule has 1 aliphatic rings. The van der Waals surface area contributed by atoms with E-state index in [0.29, 0.717) is 6.61 Å². The Kier molecular flexibility index (Phi) is 3.65. The molecule has 1 aromatic rings. The predicted octanol–water partition coefficient (Wildman–Crippen LogP) is 3.38. The van der Waals surface area contributed by atoms with E-state index < -0.39 is 0 Å². The lowest BCUT2D eigenvalue weighted by Gasteiger charge is -2.13. The maximum absolute atomic E-state index is 5.80. The standard InChI is InChI=1S/C14H17NO/c1-15-13-9-5-6-10-14(13)16-11-12-7-3-2-4-8-12/h2-3,5-7,9-10,15H,4,8,11H2,1H3. The van der Waals surface area contributed by atoms with E-state index in [4.69, 9.17) is 4.74 Å². The third kappa shape index (κ3) is 2.66. The summed E-state index contributed by atoms with van der Waals surface area (Å²) in [7, 11) is 1.91. The number of para-hydroxylation sites is 2. The van der Waals surface area contributed by atoms with Gasteiger partial charge in [-0.25, -0.2) is 0 Å². The molecule has 0 saturated heterocycles. The summed E-state index contributed by atoms with van der Waals surface area (Å²) in [5.74, 6) is 0.917. The maximum Gasteiger partial charge on any atom is 0.142 e. The lowest BCUT2D eigenvalue weighted by Crippen LogP contribution is -2.04. The molecule has 0 amide bonds. The Morgan fingerprint density at radius 3 is 2.94 bits per heavy atom. The van der Waals surface area contributed by atoms with Crippen molar-refractivity contribution in [3.63, 3.8) is 0 Å². The molecule has 0 radical (unpaired) electrons. The first-order chi connectivity index (χ1) is 7.90. The molecule has 0 saturated carbocycles. The van der Waals surface area contributed by atoms with Gasteiger partial charge in [0.2, 0.25) is 0 Å². The van der Waals surface area contributed by atoms with E-state index >= 15 is 0 Å². The van der Waals surface area contributed by atoms with Gasteiger partial charge in [-0.2, -0.15) is 0 Å². The van der Waals surface area contributed by atoms with Crippen LogP contribution in [0, 0.1) is 0 Å². The maximum atomic E-state index is 5.80. The van der Waals surface area contributed by atoms with E-state index in [1.165, 1.54) is 5.57 Å². The number of nitrogens with one attached hydrogen (secondary N) is 1. The molecule has 2 nitrogen and oxygen atoms in total. The highest BCUT2D eigenvalue weighted by Crippen LogP contribution is 2.24. The van der Waals surface area contributed by atoms with Gasteiger partial charge in [0.05, 0.1) is 5.69 Å². The molecule has 0 bridgehead atoms. The molecule has 0 atom stereocenters. The molecule has 0 spiro atoms. The van der Waals surface area contributed by atoms with Gasteiger partial charge in [-0.3, -0.25) is 0 Å². The topological polar surface area (TPSA) is 21.3 Å². The van der Waals surface area contributed by atoms with Gasteiger partial charge < -0.3 is 10.1 Å². The van der Waals surface area contributed by atoms with Crippen LogP contribution in [0.1, 0.15) is 12.8 Å². The number of rotatable bonds is 4. The second kappa shape index (κ2) is 5.40. The average molecular weight is 215 g/mol. The predicted molar refractivity (Wildman–Crippen MR) is 67.9 cm³/mol. The molecule has 16 heavy (non-hydrogen) atoms. The molecule has 0 unspecified atom stereocenters. The molecule has 0 aliphatic heterocycles. The molecular formula is C14H17NO. The molecule has 84 valence electrons. The second-order valence-electron chi connectivity index (χ2n) is 3.83. The minimum atomic E-state index is 0.684. The number of hydrogen-bond acceptors (Lipinski definition) is 2. The average Bonchev–Trinajstić information content (AvgIpc) is 2.38. The van der Waals surface area contributed by atoms with Crippen molar-refractivity contribution in [2.45, 2.75) is 12.8 Å². The SMILES string of the molecule is CNc1ccccc1OCC1=CC=CCC1. The Labute approximate surface area is 96.6 Å². The zero-order chi connectivity index (χ0) is 11.2. The summed E-state index contributed by atoms with van der Waals surface area (Å²) >= 11 is 0. The van der Waals surface area contributed by atoms with Crippen LogP contribution < -0.4 is 10.1 Å². The van der Waals surface area contributed by atoms with Gasteiger partial charge in [0.25, 0.3) is 0 Å². The first kappa shape index (κ1) is 10.8. The van der Waals surface area contributed by atoms with E-state index in [1.54, 1.807) is 0 Å². The first-order valence-corrected chi connectivity index (χ1v) is 5.64. The molecule has 1 aliphatic carbocycles. The zero-order valence-electron chi connectivity index (χ0n) is 9.57. The first-order valence-electron chi connectivity index (χ1n) is 5.64. The van der Waals surface area contributed by atoms with E-state index in [9.17, 15) is 0 Å². The van der Waals surface area contributed by atoms with Gasteiger partial charge in [-0.05, 0) is 30.5 Å². The number of benzene rings is 1. The highest BCUT2D eigenvalue weighted by Gasteiger charge is 2.03. The minimum Gasteiger partial charge on any atom is -0.487 e. The van der Waals surface area contributed by atoms with Crippen molar-refractivity contribution in [1.82, 2.24) is 0 Å². The smallest absolute Gasteiger partial charge is 0.142 e. The summed E-state index contributed by atoms with van der Waals surface area (Å²) in [6.07, 6.45) is 8.67. The van der Waals surface area contributed by atoms with E-state index in [0.717, 1.165) is 24.3 Å². The zero-order valence-corrected chi connectivity index (χ0v) is 9.57. The fraction of sp³-hybridized carbons (Fsp3) is 0.286. The molecule has 2 rings (SSSR count). The van der Waals surface area contributed by atoms with Crippen molar-refractivity contribution in [2.24, 2.45) is 0 Å². The highest BCUT2D eigenvalue weighted by molar-refractivity contribution is 5.55. The van der Waals surface area contributed by atoms with Gasteiger partial charge in [-0.15, -0.1) is 0 Å². The summed E-state index contributed by atoms with van der Waals surface area (Å²) in [6, 6.07) is 8.00. The lowest BCUT2D eigenvalue weighted by molar-refractivity contribution is 0.349. The van der Waals surface area contributed by atoms with Gasteiger partial charge in [0.15, 0.2) is 0 Å². The van der Waals surface area contributed by atoms with Gasteiger partial charge in [0.1, 0.15) is 12.4 Å². The van der Waals surface area contributed by atoms with Crippen LogP contribution >= 0.6 is 0 Å². The monoisotopic (exact) mass is 215 g/mol. The van der Waals surface area contributed by atoms with Crippen LogP contribution in [0.4, 0.5) is 5.69 Å². The van der Waals surface area contributed by atoms with E-state index in [2.05, 4.69) is 23.5 Å². The number of ether oxygens (including phenoxy) is 1. The Hall–Kier alpha value is -1.70. The largest absolute Gasteiger partial charge is 0.487 e. The van der Waals surface area contributed by atoms with Crippen molar-refractivity contribution in [2.75, 3.05) is 19.0 Å². The summed E-state index contributed by atoms with van der Waals surface area (Å²) in [6.45, 7) is 0.684. The van der Waals surface area contributed by atoms with E-state index in [1.807, 2.05) is 31.3 Å². The summed E-state index contributed by atoms with van der Waals surface area (Å²) in [5.41, 5.74) is 2.39. The molecule has 2 heteroatoms. The van der Waals surface area contributed by atoms with Crippen LogP contribution in [0.2, 0.25) is 0 Å². The van der Waals surface area contributed by atoms with Crippen molar-refractivity contribution < 1.29 is 4.74 Å². The fourth-order valence-corrected chi connectivity index (χ4v) is 1.74. The van der Waals surface area contributed by atoms with E-state index in [-0.39, 0.29) is 0 Å². The molecule has 1 aromatic carbocycles. The van der Waals surface area contributed by atoms with Crippen LogP contribution in [0.15, 0.2) is 48.1 Å². The number of anilines is 1. The van der Waals surface area contributed by atoms with Crippen LogP contribution in [0.25, 0.3) is 0 Å². The van der Waals surface area contributed by atoms with Crippen LogP contribution in [-0.4, -0.2) is 13.7 Å². The third-order valence-electron chi connectivity index (χ3n) is 2.67. The summed E-state index contributed by atoms with van der Waals surface area (Å²) < 4.78 is 5.80. The van der Waals surface area contributed by atoms with Gasteiger partial charge >= 0.3 is 0 Å². The Morgan fingerprint density at radius 2 is 2.19 bits per heavy atom. The molecule has 1 N–H and O–H groups in total. The Balaban J connectivity index is 1.98. The third-order valence-corrected chi connectivity index (χ3v) is 2.67. The van der Waals surface area contributed by atoms with Crippen LogP contribution in [-0.2, 0) is 0 Å². The lowest BCUT2D eigenvalue weighted by atomic mass is 10.1. The Bertz CT molecular complexity index is 407. The van der Waals surface area contributed by atoms with Crippen molar-refractivity contribution in [3.05, 3.63) is 48.1 Å². The number of hydrogen-bond donors (Lipinski definition) is 1. The van der Waals surface area contributed by atoms with Gasteiger partial charge in [-0.1, -0.05) is 30.4 Å². The summed E-state index contributed by atoms with van der Waals surface area (Å²) in [4.78, 5) is 0. The van der Waals surface area contributed by atoms with Crippen molar-refractivity contribution >= 4 is 5.69 Å².